The third-order valence-corrected chi connectivity index (χ3v) is 1.38. The van der Waals surface area contributed by atoms with Crippen molar-refractivity contribution in [2.24, 2.45) is 0 Å². The summed E-state index contributed by atoms with van der Waals surface area (Å²) in [6, 6.07) is 0. The summed E-state index contributed by atoms with van der Waals surface area (Å²) in [7, 11) is 1.81. The second-order valence-corrected chi connectivity index (χ2v) is 2.13. The highest BCUT2D eigenvalue weighted by Gasteiger charge is 2.00. The van der Waals surface area contributed by atoms with E-state index in [0.717, 1.165) is 12.0 Å². The van der Waals surface area contributed by atoms with Crippen LogP contribution in [0.1, 0.15) is 13.8 Å². The molecule has 0 fully saturated rings. The third-order valence-electron chi connectivity index (χ3n) is 1.38. The smallest absolute Gasteiger partial charge is 0.166 e. The predicted octanol–water partition coefficient (Wildman–Crippen LogP) is 1.55. The van der Waals surface area contributed by atoms with Crippen molar-refractivity contribution >= 4 is 6.29 Å². The minimum atomic E-state index is 0.646. The molecule has 0 bridgehead atoms. The summed E-state index contributed by atoms with van der Waals surface area (Å²) in [4.78, 5) is 12.1. The molecule has 0 aromatic heterocycles. The molecule has 0 aliphatic heterocycles. The highest BCUT2D eigenvalue weighted by atomic mass is 16.1. The molecule has 0 aliphatic rings. The van der Waals surface area contributed by atoms with Gasteiger partial charge in [0.15, 0.2) is 6.29 Å². The number of hydrogen-bond acceptors (Lipinski definition) is 2. The molecule has 0 aromatic rings. The zero-order valence-electron chi connectivity index (χ0n) is 6.72. The van der Waals surface area contributed by atoms with Crippen molar-refractivity contribution in [2.75, 3.05) is 7.05 Å². The van der Waals surface area contributed by atoms with Crippen LogP contribution < -0.4 is 0 Å². The Morgan fingerprint density at radius 3 is 2.20 bits per heavy atom. The number of allylic oxidation sites excluding steroid dienone is 3. The van der Waals surface area contributed by atoms with Gasteiger partial charge in [-0.1, -0.05) is 12.7 Å². The molecule has 2 heteroatoms. The van der Waals surface area contributed by atoms with Crippen molar-refractivity contribution in [3.63, 3.8) is 0 Å². The number of carbonyl (C=O) groups excluding carboxylic acids is 1. The minimum absolute atomic E-state index is 0.646. The van der Waals surface area contributed by atoms with E-state index in [4.69, 9.17) is 0 Å². The van der Waals surface area contributed by atoms with E-state index in [1.54, 1.807) is 11.0 Å². The van der Waals surface area contributed by atoms with Crippen LogP contribution in [0, 0.1) is 0 Å². The summed E-state index contributed by atoms with van der Waals surface area (Å²) in [5.74, 6) is 0. The Morgan fingerprint density at radius 2 is 2.10 bits per heavy atom. The molecule has 2 nitrogen and oxygen atoms in total. The molecule has 0 spiro atoms. The van der Waals surface area contributed by atoms with E-state index in [-0.39, 0.29) is 0 Å². The second-order valence-electron chi connectivity index (χ2n) is 2.13. The Hall–Kier alpha value is -1.05. The first-order valence-electron chi connectivity index (χ1n) is 3.14. The van der Waals surface area contributed by atoms with E-state index in [1.807, 2.05) is 20.9 Å². The summed E-state index contributed by atoms with van der Waals surface area (Å²) in [5.41, 5.74) is 1.51. The van der Waals surface area contributed by atoms with Crippen LogP contribution in [0.5, 0.6) is 0 Å². The first kappa shape index (κ1) is 8.95. The zero-order chi connectivity index (χ0) is 8.15. The summed E-state index contributed by atoms with van der Waals surface area (Å²) in [5, 5.41) is 0. The first-order chi connectivity index (χ1) is 4.63. The average molecular weight is 139 g/mol. The van der Waals surface area contributed by atoms with E-state index < -0.39 is 0 Å². The van der Waals surface area contributed by atoms with Crippen LogP contribution in [0.4, 0.5) is 0 Å². The van der Waals surface area contributed by atoms with Crippen LogP contribution in [0.25, 0.3) is 0 Å². The molecule has 0 radical (unpaired) electrons. The first-order valence-corrected chi connectivity index (χ1v) is 3.14. The van der Waals surface area contributed by atoms with Crippen LogP contribution >= 0.6 is 0 Å². The zero-order valence-corrected chi connectivity index (χ0v) is 6.72. The highest BCUT2D eigenvalue weighted by Crippen LogP contribution is 2.04. The molecule has 56 valence electrons. The molecule has 0 heterocycles. The van der Waals surface area contributed by atoms with Crippen molar-refractivity contribution in [1.82, 2.24) is 4.90 Å². The van der Waals surface area contributed by atoms with Gasteiger partial charge in [-0.05, 0) is 13.8 Å². The van der Waals surface area contributed by atoms with Gasteiger partial charge in [-0.25, -0.2) is 0 Å². The lowest BCUT2D eigenvalue weighted by Crippen LogP contribution is -2.15. The van der Waals surface area contributed by atoms with Crippen molar-refractivity contribution < 1.29 is 4.79 Å². The normalized spacial score (nSPS) is 10.9. The van der Waals surface area contributed by atoms with Crippen LogP contribution in [-0.4, -0.2) is 18.2 Å². The summed E-state index contributed by atoms with van der Waals surface area (Å²) >= 11 is 0. The summed E-state index contributed by atoms with van der Waals surface area (Å²) in [6.07, 6.45) is 2.57. The lowest BCUT2D eigenvalue weighted by molar-refractivity contribution is -0.105. The predicted molar refractivity (Wildman–Crippen MR) is 42.4 cm³/mol. The highest BCUT2D eigenvalue weighted by molar-refractivity contribution is 5.72. The molecule has 0 amide bonds. The fourth-order valence-corrected chi connectivity index (χ4v) is 0.561. The fraction of sp³-hybridized carbons (Fsp3) is 0.375. The molecular formula is C8H13NO. The standard InChI is InChI=1S/C8H13NO/c1-5-8(6-10)9(4)7(2)3/h5-6H,2H2,1,3-4H3/b8-5-. The molecule has 0 saturated carbocycles. The number of likely N-dealkylation sites (N-methyl/N-ethyl adjacent to an activating group) is 1. The molecule has 0 N–H and O–H groups in total. The van der Waals surface area contributed by atoms with Crippen molar-refractivity contribution in [1.29, 1.82) is 0 Å². The molecule has 0 unspecified atom stereocenters. The van der Waals surface area contributed by atoms with Crippen molar-refractivity contribution in [2.45, 2.75) is 13.8 Å². The van der Waals surface area contributed by atoms with Gasteiger partial charge in [-0.3, -0.25) is 4.79 Å². The van der Waals surface area contributed by atoms with Gasteiger partial charge in [0.25, 0.3) is 0 Å². The Morgan fingerprint density at radius 1 is 1.60 bits per heavy atom. The Kier molecular flexibility index (Phi) is 3.47. The minimum Gasteiger partial charge on any atom is -0.347 e. The van der Waals surface area contributed by atoms with Crippen molar-refractivity contribution in [3.05, 3.63) is 24.0 Å². The molecule has 10 heavy (non-hydrogen) atoms. The Labute approximate surface area is 61.8 Å². The maximum atomic E-state index is 10.3. The second kappa shape index (κ2) is 3.88. The lowest BCUT2D eigenvalue weighted by atomic mass is 10.3. The van der Waals surface area contributed by atoms with Gasteiger partial charge in [-0.15, -0.1) is 0 Å². The average Bonchev–Trinajstić information content (AvgIpc) is 1.90. The van der Waals surface area contributed by atoms with Gasteiger partial charge in [0.05, 0.1) is 5.70 Å². The Bertz CT molecular complexity index is 170. The maximum absolute atomic E-state index is 10.3. The fourth-order valence-electron chi connectivity index (χ4n) is 0.561. The monoisotopic (exact) mass is 139 g/mol. The number of aldehydes is 1. The van der Waals surface area contributed by atoms with Gasteiger partial charge in [0, 0.05) is 12.7 Å². The van der Waals surface area contributed by atoms with E-state index in [1.165, 1.54) is 0 Å². The van der Waals surface area contributed by atoms with Crippen molar-refractivity contribution in [3.8, 4) is 0 Å². The molecule has 0 aliphatic carbocycles. The van der Waals surface area contributed by atoms with Gasteiger partial charge in [-0.2, -0.15) is 0 Å². The topological polar surface area (TPSA) is 20.3 Å². The van der Waals surface area contributed by atoms with Crippen LogP contribution in [0.2, 0.25) is 0 Å². The van der Waals surface area contributed by atoms with Crippen LogP contribution in [0.3, 0.4) is 0 Å². The van der Waals surface area contributed by atoms with Gasteiger partial charge < -0.3 is 4.90 Å². The van der Waals surface area contributed by atoms with Crippen LogP contribution in [0.15, 0.2) is 24.0 Å². The largest absolute Gasteiger partial charge is 0.347 e. The van der Waals surface area contributed by atoms with E-state index in [2.05, 4.69) is 6.58 Å². The number of hydrogen-bond donors (Lipinski definition) is 0. The van der Waals surface area contributed by atoms with E-state index in [0.29, 0.717) is 5.70 Å². The SMILES string of the molecule is C=C(C)N(C)/C(C=O)=C\C. The number of carbonyl (C=O) groups is 1. The Balaban J connectivity index is 4.31. The third kappa shape index (κ3) is 2.05. The molecule has 0 saturated heterocycles. The quantitative estimate of drug-likeness (QED) is 0.437. The van der Waals surface area contributed by atoms with E-state index in [9.17, 15) is 4.79 Å². The van der Waals surface area contributed by atoms with E-state index >= 15 is 0 Å². The van der Waals surface area contributed by atoms with Gasteiger partial charge >= 0.3 is 0 Å². The van der Waals surface area contributed by atoms with Crippen LogP contribution in [-0.2, 0) is 4.79 Å². The lowest BCUT2D eigenvalue weighted by Gasteiger charge is -2.17. The molecular weight excluding hydrogens is 126 g/mol. The van der Waals surface area contributed by atoms with Gasteiger partial charge in [0.1, 0.15) is 0 Å². The summed E-state index contributed by atoms with van der Waals surface area (Å²) in [6.45, 7) is 7.37. The molecule has 0 rings (SSSR count). The van der Waals surface area contributed by atoms with Gasteiger partial charge in [0.2, 0.25) is 0 Å². The molecule has 0 aromatic carbocycles. The maximum Gasteiger partial charge on any atom is 0.166 e. The number of rotatable bonds is 3. The number of nitrogens with zero attached hydrogens (tertiary/aromatic N) is 1. The summed E-state index contributed by atoms with van der Waals surface area (Å²) < 4.78 is 0. The molecule has 0 atom stereocenters.